The zero-order valence-corrected chi connectivity index (χ0v) is 16.7. The SMILES string of the molecule is O=C(Nc1ccc2ccccc2c1)c1nc(-c2ccc(F)cc2)n(-c2ccc(F)cc2)n1. The third kappa shape index (κ3) is 3.83. The van der Waals surface area contributed by atoms with Crippen LogP contribution in [0.5, 0.6) is 0 Å². The van der Waals surface area contributed by atoms with E-state index in [-0.39, 0.29) is 5.82 Å². The standard InChI is InChI=1S/C25H16F2N4O/c26-19-8-5-17(6-9-19)24-29-23(30-31(24)22-13-10-20(27)11-14-22)25(32)28-21-12-7-16-3-1-2-4-18(16)15-21/h1-15H,(H,28,32). The number of amides is 1. The zero-order valence-electron chi connectivity index (χ0n) is 16.7. The molecule has 0 radical (unpaired) electrons. The number of rotatable bonds is 4. The molecular formula is C25H16F2N4O. The fourth-order valence-electron chi connectivity index (χ4n) is 3.41. The molecule has 0 aliphatic rings. The molecule has 0 bridgehead atoms. The van der Waals surface area contributed by atoms with Crippen molar-refractivity contribution >= 4 is 22.4 Å². The lowest BCUT2D eigenvalue weighted by Gasteiger charge is -2.06. The van der Waals surface area contributed by atoms with Crippen LogP contribution in [0, 0.1) is 11.6 Å². The van der Waals surface area contributed by atoms with Crippen LogP contribution >= 0.6 is 0 Å². The van der Waals surface area contributed by atoms with Crippen LogP contribution < -0.4 is 5.32 Å². The van der Waals surface area contributed by atoms with Gasteiger partial charge in [-0.2, -0.15) is 0 Å². The van der Waals surface area contributed by atoms with Crippen LogP contribution in [-0.2, 0) is 0 Å². The lowest BCUT2D eigenvalue weighted by Crippen LogP contribution is -2.14. The maximum atomic E-state index is 13.4. The van der Waals surface area contributed by atoms with Crippen molar-refractivity contribution in [2.24, 2.45) is 0 Å². The molecule has 0 saturated heterocycles. The van der Waals surface area contributed by atoms with Crippen LogP contribution in [0.2, 0.25) is 0 Å². The molecule has 5 aromatic rings. The third-order valence-corrected chi connectivity index (χ3v) is 4.99. The summed E-state index contributed by atoms with van der Waals surface area (Å²) in [5.41, 5.74) is 1.69. The van der Waals surface area contributed by atoms with Gasteiger partial charge in [0.25, 0.3) is 5.91 Å². The van der Waals surface area contributed by atoms with E-state index in [4.69, 9.17) is 0 Å². The Morgan fingerprint density at radius 1 is 0.781 bits per heavy atom. The van der Waals surface area contributed by atoms with Crippen LogP contribution in [-0.4, -0.2) is 20.7 Å². The Hall–Kier alpha value is -4.39. The second-order valence-corrected chi connectivity index (χ2v) is 7.17. The Labute approximate surface area is 182 Å². The minimum Gasteiger partial charge on any atom is -0.319 e. The van der Waals surface area contributed by atoms with E-state index in [1.54, 1.807) is 18.2 Å². The molecule has 0 atom stereocenters. The number of hydrogen-bond donors (Lipinski definition) is 1. The molecule has 5 rings (SSSR count). The van der Waals surface area contributed by atoms with Crippen LogP contribution in [0.15, 0.2) is 91.0 Å². The normalized spacial score (nSPS) is 10.9. The van der Waals surface area contributed by atoms with E-state index >= 15 is 0 Å². The van der Waals surface area contributed by atoms with Crippen LogP contribution in [0.4, 0.5) is 14.5 Å². The summed E-state index contributed by atoms with van der Waals surface area (Å²) < 4.78 is 28.2. The number of nitrogens with zero attached hydrogens (tertiary/aromatic N) is 3. The van der Waals surface area contributed by atoms with Gasteiger partial charge in [0, 0.05) is 11.3 Å². The van der Waals surface area contributed by atoms with E-state index in [1.807, 2.05) is 36.4 Å². The molecule has 1 N–H and O–H groups in total. The first-order chi connectivity index (χ1) is 15.6. The average molecular weight is 426 g/mol. The first-order valence-corrected chi connectivity index (χ1v) is 9.86. The molecule has 4 aromatic carbocycles. The number of halogens is 2. The number of nitrogens with one attached hydrogen (secondary N) is 1. The number of anilines is 1. The summed E-state index contributed by atoms with van der Waals surface area (Å²) in [5, 5.41) is 9.21. The Balaban J connectivity index is 1.52. The molecular weight excluding hydrogens is 410 g/mol. The van der Waals surface area contributed by atoms with Gasteiger partial charge in [-0.3, -0.25) is 4.79 Å². The second kappa shape index (κ2) is 8.03. The Kier molecular flexibility index (Phi) is 4.91. The third-order valence-electron chi connectivity index (χ3n) is 4.99. The fourth-order valence-corrected chi connectivity index (χ4v) is 3.41. The molecule has 0 unspecified atom stereocenters. The van der Waals surface area contributed by atoms with Gasteiger partial charge in [0.15, 0.2) is 5.82 Å². The molecule has 7 heteroatoms. The highest BCUT2D eigenvalue weighted by molar-refractivity contribution is 6.03. The van der Waals surface area contributed by atoms with E-state index in [1.165, 1.54) is 41.1 Å². The van der Waals surface area contributed by atoms with E-state index in [0.29, 0.717) is 22.8 Å². The van der Waals surface area contributed by atoms with Crippen molar-refractivity contribution in [2.75, 3.05) is 5.32 Å². The Morgan fingerprint density at radius 3 is 2.16 bits per heavy atom. The minimum absolute atomic E-state index is 0.0678. The minimum atomic E-state index is -0.496. The highest BCUT2D eigenvalue weighted by Crippen LogP contribution is 2.23. The van der Waals surface area contributed by atoms with Crippen molar-refractivity contribution in [3.05, 3.63) is 108 Å². The first-order valence-electron chi connectivity index (χ1n) is 9.86. The number of benzene rings is 4. The van der Waals surface area contributed by atoms with Gasteiger partial charge in [-0.15, -0.1) is 5.10 Å². The molecule has 0 aliphatic carbocycles. The van der Waals surface area contributed by atoms with Crippen molar-refractivity contribution in [1.29, 1.82) is 0 Å². The number of hydrogen-bond acceptors (Lipinski definition) is 3. The maximum absolute atomic E-state index is 13.4. The second-order valence-electron chi connectivity index (χ2n) is 7.17. The van der Waals surface area contributed by atoms with E-state index in [0.717, 1.165) is 10.8 Å². The van der Waals surface area contributed by atoms with Crippen LogP contribution in [0.25, 0.3) is 27.8 Å². The Bertz CT molecular complexity index is 1360. The predicted octanol–water partition coefficient (Wildman–Crippen LogP) is 5.62. The van der Waals surface area contributed by atoms with Gasteiger partial charge in [0.1, 0.15) is 11.6 Å². The van der Waals surface area contributed by atoms with Gasteiger partial charge in [0.2, 0.25) is 5.82 Å². The molecule has 0 saturated carbocycles. The Morgan fingerprint density at radius 2 is 1.44 bits per heavy atom. The monoisotopic (exact) mass is 426 g/mol. The maximum Gasteiger partial charge on any atom is 0.295 e. The topological polar surface area (TPSA) is 59.8 Å². The van der Waals surface area contributed by atoms with E-state index < -0.39 is 17.5 Å². The van der Waals surface area contributed by atoms with Crippen molar-refractivity contribution in [3.63, 3.8) is 0 Å². The molecule has 32 heavy (non-hydrogen) atoms. The van der Waals surface area contributed by atoms with Gasteiger partial charge >= 0.3 is 0 Å². The summed E-state index contributed by atoms with van der Waals surface area (Å²) in [6, 6.07) is 24.7. The molecule has 0 fully saturated rings. The lowest BCUT2D eigenvalue weighted by atomic mass is 10.1. The first kappa shape index (κ1) is 19.6. The number of fused-ring (bicyclic) bond motifs is 1. The summed E-state index contributed by atoms with van der Waals surface area (Å²) in [6.07, 6.45) is 0. The van der Waals surface area contributed by atoms with Crippen molar-refractivity contribution < 1.29 is 13.6 Å². The summed E-state index contributed by atoms with van der Waals surface area (Å²) in [6.45, 7) is 0. The van der Waals surface area contributed by atoms with Gasteiger partial charge in [0.05, 0.1) is 5.69 Å². The summed E-state index contributed by atoms with van der Waals surface area (Å²) in [7, 11) is 0. The molecule has 0 spiro atoms. The van der Waals surface area contributed by atoms with Crippen molar-refractivity contribution in [1.82, 2.24) is 14.8 Å². The van der Waals surface area contributed by atoms with Crippen LogP contribution in [0.3, 0.4) is 0 Å². The average Bonchev–Trinajstić information content (AvgIpc) is 3.26. The summed E-state index contributed by atoms with van der Waals surface area (Å²) >= 11 is 0. The van der Waals surface area contributed by atoms with E-state index in [9.17, 15) is 13.6 Å². The van der Waals surface area contributed by atoms with Crippen LogP contribution in [0.1, 0.15) is 10.6 Å². The summed E-state index contributed by atoms with van der Waals surface area (Å²) in [5.74, 6) is -1.02. The zero-order chi connectivity index (χ0) is 22.1. The highest BCUT2D eigenvalue weighted by Gasteiger charge is 2.19. The number of carbonyl (C=O) groups excluding carboxylic acids is 1. The largest absolute Gasteiger partial charge is 0.319 e. The van der Waals surface area contributed by atoms with Gasteiger partial charge in [-0.25, -0.2) is 18.4 Å². The molecule has 1 heterocycles. The highest BCUT2D eigenvalue weighted by atomic mass is 19.1. The lowest BCUT2D eigenvalue weighted by molar-refractivity contribution is 0.101. The summed E-state index contributed by atoms with van der Waals surface area (Å²) in [4.78, 5) is 17.3. The van der Waals surface area contributed by atoms with Gasteiger partial charge in [-0.1, -0.05) is 30.3 Å². The van der Waals surface area contributed by atoms with Crippen molar-refractivity contribution in [2.45, 2.75) is 0 Å². The van der Waals surface area contributed by atoms with Gasteiger partial charge < -0.3 is 5.32 Å². The molecule has 1 aromatic heterocycles. The van der Waals surface area contributed by atoms with Gasteiger partial charge in [-0.05, 0) is 71.4 Å². The molecule has 156 valence electrons. The fraction of sp³-hybridized carbons (Fsp3) is 0. The molecule has 0 aliphatic heterocycles. The molecule has 1 amide bonds. The number of aromatic nitrogens is 3. The van der Waals surface area contributed by atoms with Crippen molar-refractivity contribution in [3.8, 4) is 17.1 Å². The number of carbonyl (C=O) groups is 1. The van der Waals surface area contributed by atoms with E-state index in [2.05, 4.69) is 15.4 Å². The smallest absolute Gasteiger partial charge is 0.295 e. The quantitative estimate of drug-likeness (QED) is 0.406. The predicted molar refractivity (Wildman–Crippen MR) is 119 cm³/mol. The molecule has 5 nitrogen and oxygen atoms in total.